The molecule has 1 atom stereocenters. The summed E-state index contributed by atoms with van der Waals surface area (Å²) in [6.07, 6.45) is 0.621. The fraction of sp³-hybridized carbons (Fsp3) is 1.00. The highest BCUT2D eigenvalue weighted by Crippen LogP contribution is 2.28. The van der Waals surface area contributed by atoms with Gasteiger partial charge in [0.25, 0.3) is 0 Å². The van der Waals surface area contributed by atoms with Gasteiger partial charge in [-0.3, -0.25) is 4.55 Å². The second-order valence-electron chi connectivity index (χ2n) is 2.90. The molecular weight excluding hydrogens is 304 g/mol. The minimum atomic E-state index is -5.84. The zero-order valence-electron chi connectivity index (χ0n) is 9.38. The first-order valence-electron chi connectivity index (χ1n) is 4.40. The molecule has 0 aliphatic carbocycles. The predicted octanol–water partition coefficient (Wildman–Crippen LogP) is 1.56. The molecule has 0 aliphatic rings. The minimum absolute atomic E-state index is 0.311. The standard InChI is InChI=1S/C5H11O4P.CHF3O3S/c1-3-5(6,4-2)9-10(7)8;2-1(3,4)8(5,6)7/h6H,3-4H2,1-2H3;(H,5,6,7)/p+1. The molecular formula is C6H13F3O7PS+. The fourth-order valence-corrected chi connectivity index (χ4v) is 1.07. The normalized spacial score (nSPS) is 13.7. The van der Waals surface area contributed by atoms with Crippen LogP contribution in [0.5, 0.6) is 0 Å². The van der Waals surface area contributed by atoms with Crippen molar-refractivity contribution in [1.82, 2.24) is 0 Å². The van der Waals surface area contributed by atoms with Crippen LogP contribution in [0, 0.1) is 0 Å². The van der Waals surface area contributed by atoms with Gasteiger partial charge < -0.3 is 5.11 Å². The van der Waals surface area contributed by atoms with Crippen LogP contribution in [0.3, 0.4) is 0 Å². The minimum Gasteiger partial charge on any atom is -0.362 e. The third kappa shape index (κ3) is 8.72. The van der Waals surface area contributed by atoms with Crippen LogP contribution >= 0.6 is 8.25 Å². The van der Waals surface area contributed by atoms with Crippen molar-refractivity contribution in [1.29, 1.82) is 0 Å². The Morgan fingerprint density at radius 3 is 1.56 bits per heavy atom. The molecule has 12 heteroatoms. The van der Waals surface area contributed by atoms with Crippen molar-refractivity contribution in [2.75, 3.05) is 0 Å². The highest BCUT2D eigenvalue weighted by atomic mass is 32.2. The molecule has 0 saturated heterocycles. The lowest BCUT2D eigenvalue weighted by Gasteiger charge is -2.15. The maximum absolute atomic E-state index is 10.7. The second kappa shape index (κ2) is 7.31. The van der Waals surface area contributed by atoms with E-state index in [2.05, 4.69) is 4.52 Å². The van der Waals surface area contributed by atoms with Crippen LogP contribution in [0.4, 0.5) is 13.2 Å². The van der Waals surface area contributed by atoms with Crippen molar-refractivity contribution in [2.45, 2.75) is 38.0 Å². The van der Waals surface area contributed by atoms with Gasteiger partial charge in [-0.05, 0) is 0 Å². The van der Waals surface area contributed by atoms with Crippen molar-refractivity contribution in [3.8, 4) is 0 Å². The number of aliphatic hydroxyl groups is 1. The number of hydrogen-bond acceptors (Lipinski definition) is 5. The van der Waals surface area contributed by atoms with E-state index in [9.17, 15) is 22.8 Å². The largest absolute Gasteiger partial charge is 0.697 e. The molecule has 1 unspecified atom stereocenters. The van der Waals surface area contributed by atoms with E-state index >= 15 is 0 Å². The number of alkyl halides is 3. The summed E-state index contributed by atoms with van der Waals surface area (Å²) in [5.74, 6) is -1.43. The molecule has 0 saturated carbocycles. The Hall–Kier alpha value is -0.320. The van der Waals surface area contributed by atoms with E-state index in [-0.39, 0.29) is 0 Å². The van der Waals surface area contributed by atoms with Crippen molar-refractivity contribution < 1.29 is 45.2 Å². The van der Waals surface area contributed by atoms with Gasteiger partial charge in [-0.15, -0.1) is 4.89 Å². The average Bonchev–Trinajstić information content (AvgIpc) is 2.14. The molecule has 0 aromatic carbocycles. The SMILES string of the molecule is CCC(O)(CC)O[P+](=O)O.O=S(=O)(O)C(F)(F)F. The van der Waals surface area contributed by atoms with Crippen LogP contribution in [0.15, 0.2) is 0 Å². The van der Waals surface area contributed by atoms with Crippen LogP contribution < -0.4 is 0 Å². The van der Waals surface area contributed by atoms with Crippen molar-refractivity contribution in [3.05, 3.63) is 0 Å². The molecule has 0 heterocycles. The van der Waals surface area contributed by atoms with E-state index in [0.29, 0.717) is 12.8 Å². The summed E-state index contributed by atoms with van der Waals surface area (Å²) in [7, 11) is -8.54. The Morgan fingerprint density at radius 2 is 1.50 bits per heavy atom. The van der Waals surface area contributed by atoms with Gasteiger partial charge in [-0.1, -0.05) is 18.4 Å². The molecule has 0 aromatic heterocycles. The van der Waals surface area contributed by atoms with Gasteiger partial charge in [0, 0.05) is 17.4 Å². The van der Waals surface area contributed by atoms with E-state index in [1.807, 2.05) is 0 Å². The summed E-state index contributed by atoms with van der Waals surface area (Å²) in [5.41, 5.74) is -5.53. The molecule has 3 N–H and O–H groups in total. The van der Waals surface area contributed by atoms with Crippen LogP contribution in [0.1, 0.15) is 26.7 Å². The molecule has 0 rings (SSSR count). The fourth-order valence-electron chi connectivity index (χ4n) is 0.524. The Morgan fingerprint density at radius 1 is 1.22 bits per heavy atom. The van der Waals surface area contributed by atoms with Gasteiger partial charge in [0.1, 0.15) is 0 Å². The Kier molecular flexibility index (Phi) is 8.13. The van der Waals surface area contributed by atoms with Crippen molar-refractivity contribution >= 4 is 18.4 Å². The Bertz CT molecular complexity index is 362. The summed E-state index contributed by atoms with van der Waals surface area (Å²) in [6.45, 7) is 3.37. The lowest BCUT2D eigenvalue weighted by molar-refractivity contribution is -0.141. The molecule has 0 fully saturated rings. The smallest absolute Gasteiger partial charge is 0.362 e. The Labute approximate surface area is 102 Å². The predicted molar refractivity (Wildman–Crippen MR) is 54.0 cm³/mol. The first-order chi connectivity index (χ1) is 7.79. The number of rotatable bonds is 4. The van der Waals surface area contributed by atoms with Crippen molar-refractivity contribution in [3.63, 3.8) is 0 Å². The van der Waals surface area contributed by atoms with E-state index < -0.39 is 29.7 Å². The molecule has 0 aromatic rings. The third-order valence-electron chi connectivity index (χ3n) is 1.65. The van der Waals surface area contributed by atoms with E-state index in [0.717, 1.165) is 0 Å². The van der Waals surface area contributed by atoms with Gasteiger partial charge in [-0.2, -0.15) is 21.6 Å². The molecule has 0 bridgehead atoms. The summed E-state index contributed by atoms with van der Waals surface area (Å²) >= 11 is 0. The summed E-state index contributed by atoms with van der Waals surface area (Å²) < 4.78 is 72.0. The molecule has 0 spiro atoms. The first-order valence-corrected chi connectivity index (χ1v) is 6.97. The quantitative estimate of drug-likeness (QED) is 0.311. The Balaban J connectivity index is 0. The number of halogens is 3. The van der Waals surface area contributed by atoms with Crippen molar-refractivity contribution in [2.24, 2.45) is 0 Å². The van der Waals surface area contributed by atoms with E-state index in [4.69, 9.17) is 17.9 Å². The topological polar surface area (TPSA) is 121 Å². The average molecular weight is 317 g/mol. The number of hydrogen-bond donors (Lipinski definition) is 3. The molecule has 0 aliphatic heterocycles. The molecule has 18 heavy (non-hydrogen) atoms. The summed E-state index contributed by atoms with van der Waals surface area (Å²) in [6, 6.07) is 0. The first kappa shape index (κ1) is 20.0. The van der Waals surface area contributed by atoms with Gasteiger partial charge in [0.2, 0.25) is 5.79 Å². The maximum Gasteiger partial charge on any atom is 0.697 e. The third-order valence-corrected chi connectivity index (χ3v) is 2.73. The monoisotopic (exact) mass is 317 g/mol. The van der Waals surface area contributed by atoms with Crippen LogP contribution in [0.25, 0.3) is 0 Å². The van der Waals surface area contributed by atoms with Crippen LogP contribution in [0.2, 0.25) is 0 Å². The van der Waals surface area contributed by atoms with Crippen LogP contribution in [-0.2, 0) is 19.2 Å². The zero-order valence-corrected chi connectivity index (χ0v) is 11.1. The van der Waals surface area contributed by atoms with Gasteiger partial charge >= 0.3 is 23.9 Å². The molecule has 0 amide bonds. The molecule has 0 radical (unpaired) electrons. The van der Waals surface area contributed by atoms with Gasteiger partial charge in [0.15, 0.2) is 0 Å². The molecule has 110 valence electrons. The lowest BCUT2D eigenvalue weighted by Crippen LogP contribution is -2.27. The van der Waals surface area contributed by atoms with Gasteiger partial charge in [-0.25, -0.2) is 0 Å². The molecule has 7 nitrogen and oxygen atoms in total. The zero-order chi connectivity index (χ0) is 15.2. The highest BCUT2D eigenvalue weighted by molar-refractivity contribution is 7.86. The highest BCUT2D eigenvalue weighted by Gasteiger charge is 2.44. The second-order valence-corrected chi connectivity index (χ2v) is 4.97. The lowest BCUT2D eigenvalue weighted by atomic mass is 10.2. The van der Waals surface area contributed by atoms with E-state index in [1.165, 1.54) is 0 Å². The van der Waals surface area contributed by atoms with E-state index in [1.54, 1.807) is 13.8 Å². The van der Waals surface area contributed by atoms with Crippen LogP contribution in [-0.4, -0.2) is 34.3 Å². The summed E-state index contributed by atoms with van der Waals surface area (Å²) in [5, 5.41) is 9.23. The summed E-state index contributed by atoms with van der Waals surface area (Å²) in [4.78, 5) is 8.28. The maximum atomic E-state index is 10.7. The van der Waals surface area contributed by atoms with Gasteiger partial charge in [0.05, 0.1) is 0 Å².